The molecule has 0 unspecified atom stereocenters. The Labute approximate surface area is 205 Å². The quantitative estimate of drug-likeness (QED) is 0.329. The lowest BCUT2D eigenvalue weighted by Crippen LogP contribution is -2.40. The van der Waals surface area contributed by atoms with E-state index in [1.54, 1.807) is 42.1 Å². The fourth-order valence-electron chi connectivity index (χ4n) is 3.14. The normalized spacial score (nSPS) is 11.4. The molecule has 0 saturated heterocycles. The molecule has 0 aliphatic heterocycles. The highest BCUT2D eigenvalue weighted by Crippen LogP contribution is 2.25. The number of hydrogen-bond donors (Lipinski definition) is 1. The number of benzene rings is 3. The highest BCUT2D eigenvalue weighted by atomic mass is 32.2. The van der Waals surface area contributed by atoms with E-state index in [9.17, 15) is 17.6 Å². The van der Waals surface area contributed by atoms with Gasteiger partial charge in [-0.25, -0.2) is 4.39 Å². The van der Waals surface area contributed by atoms with E-state index in [1.165, 1.54) is 37.9 Å². The Morgan fingerprint density at radius 1 is 0.971 bits per heavy atom. The molecule has 0 aromatic heterocycles. The highest BCUT2D eigenvalue weighted by Gasteiger charge is 2.27. The SMILES string of the molecule is Cc1ccc(SCCNC(=O)c2ccc(CN(c3ccccc3F)S(=O)(=O)N(C)C)cc2)cc1. The van der Waals surface area contributed by atoms with Crippen LogP contribution in [0.1, 0.15) is 21.5 Å². The molecule has 0 radical (unpaired) electrons. The van der Waals surface area contributed by atoms with Crippen LogP contribution in [-0.4, -0.2) is 45.0 Å². The van der Waals surface area contributed by atoms with Gasteiger partial charge in [-0.05, 0) is 48.9 Å². The number of para-hydroxylation sites is 1. The number of aryl methyl sites for hydroxylation is 1. The van der Waals surface area contributed by atoms with Crippen molar-refractivity contribution in [3.05, 3.63) is 95.3 Å². The standard InChI is InChI=1S/C25H28FN3O3S2/c1-19-8-14-22(15-9-19)33-17-16-27-25(30)21-12-10-20(11-13-21)18-29(34(31,32)28(2)3)24-7-5-4-6-23(24)26/h4-15H,16-18H2,1-3H3,(H,27,30). The molecule has 180 valence electrons. The summed E-state index contributed by atoms with van der Waals surface area (Å²) < 4.78 is 42.1. The Bertz CT molecular complexity index is 1210. The summed E-state index contributed by atoms with van der Waals surface area (Å²) >= 11 is 1.67. The predicted octanol–water partition coefficient (Wildman–Crippen LogP) is 4.47. The molecule has 0 aliphatic rings. The number of anilines is 1. The van der Waals surface area contributed by atoms with Crippen molar-refractivity contribution in [3.8, 4) is 0 Å². The van der Waals surface area contributed by atoms with Crippen molar-refractivity contribution < 1.29 is 17.6 Å². The van der Waals surface area contributed by atoms with E-state index in [4.69, 9.17) is 0 Å². The lowest BCUT2D eigenvalue weighted by atomic mass is 10.1. The van der Waals surface area contributed by atoms with E-state index < -0.39 is 16.0 Å². The highest BCUT2D eigenvalue weighted by molar-refractivity contribution is 7.99. The number of hydrogen-bond acceptors (Lipinski definition) is 4. The Kier molecular flexibility index (Phi) is 8.71. The van der Waals surface area contributed by atoms with Gasteiger partial charge in [0.25, 0.3) is 5.91 Å². The smallest absolute Gasteiger partial charge is 0.303 e. The molecule has 0 aliphatic carbocycles. The molecule has 0 atom stereocenters. The second-order valence-corrected chi connectivity index (χ2v) is 11.1. The zero-order chi connectivity index (χ0) is 24.7. The van der Waals surface area contributed by atoms with E-state index in [-0.39, 0.29) is 18.1 Å². The summed E-state index contributed by atoms with van der Waals surface area (Å²) in [6.45, 7) is 2.48. The third kappa shape index (κ3) is 6.59. The predicted molar refractivity (Wildman–Crippen MR) is 136 cm³/mol. The fraction of sp³-hybridized carbons (Fsp3) is 0.240. The van der Waals surface area contributed by atoms with Crippen LogP contribution in [-0.2, 0) is 16.8 Å². The van der Waals surface area contributed by atoms with Crippen molar-refractivity contribution in [2.75, 3.05) is 30.7 Å². The van der Waals surface area contributed by atoms with Gasteiger partial charge in [0.2, 0.25) is 0 Å². The minimum atomic E-state index is -3.93. The number of amides is 1. The van der Waals surface area contributed by atoms with Crippen LogP contribution >= 0.6 is 11.8 Å². The molecular formula is C25H28FN3O3S2. The number of thioether (sulfide) groups is 1. The molecule has 3 rings (SSSR count). The number of halogens is 1. The van der Waals surface area contributed by atoms with Gasteiger partial charge in [-0.15, -0.1) is 11.8 Å². The van der Waals surface area contributed by atoms with Crippen molar-refractivity contribution in [1.82, 2.24) is 9.62 Å². The first kappa shape index (κ1) is 25.7. The van der Waals surface area contributed by atoms with Gasteiger partial charge < -0.3 is 5.32 Å². The maximum absolute atomic E-state index is 14.4. The molecule has 0 spiro atoms. The number of nitrogens with one attached hydrogen (secondary N) is 1. The first-order chi connectivity index (χ1) is 16.2. The summed E-state index contributed by atoms with van der Waals surface area (Å²) in [5, 5.41) is 2.89. The molecule has 3 aromatic rings. The largest absolute Gasteiger partial charge is 0.351 e. The van der Waals surface area contributed by atoms with Gasteiger partial charge in [0.15, 0.2) is 0 Å². The second-order valence-electron chi connectivity index (χ2n) is 7.86. The molecule has 0 bridgehead atoms. The van der Waals surface area contributed by atoms with Crippen LogP contribution in [0.2, 0.25) is 0 Å². The molecule has 3 aromatic carbocycles. The Morgan fingerprint density at radius 2 is 1.62 bits per heavy atom. The van der Waals surface area contributed by atoms with E-state index in [0.29, 0.717) is 17.7 Å². The minimum Gasteiger partial charge on any atom is -0.351 e. The molecule has 0 heterocycles. The monoisotopic (exact) mass is 501 g/mol. The third-order valence-electron chi connectivity index (χ3n) is 5.08. The Morgan fingerprint density at radius 3 is 2.24 bits per heavy atom. The minimum absolute atomic E-state index is 0.0379. The van der Waals surface area contributed by atoms with Crippen molar-refractivity contribution in [1.29, 1.82) is 0 Å². The summed E-state index contributed by atoms with van der Waals surface area (Å²) in [5.74, 6) is -0.0947. The van der Waals surface area contributed by atoms with Crippen LogP contribution in [0.25, 0.3) is 0 Å². The van der Waals surface area contributed by atoms with Crippen LogP contribution in [0.4, 0.5) is 10.1 Å². The molecule has 1 amide bonds. The van der Waals surface area contributed by atoms with Crippen molar-refractivity contribution in [2.45, 2.75) is 18.4 Å². The summed E-state index contributed by atoms with van der Waals surface area (Å²) in [6, 6.07) is 20.6. The van der Waals surface area contributed by atoms with Crippen molar-refractivity contribution in [3.63, 3.8) is 0 Å². The van der Waals surface area contributed by atoms with E-state index >= 15 is 0 Å². The van der Waals surface area contributed by atoms with Crippen LogP contribution in [0.3, 0.4) is 0 Å². The van der Waals surface area contributed by atoms with Gasteiger partial charge in [0.05, 0.1) is 12.2 Å². The first-order valence-corrected chi connectivity index (χ1v) is 13.1. The van der Waals surface area contributed by atoms with Crippen molar-refractivity contribution >= 4 is 33.6 Å². The molecular weight excluding hydrogens is 473 g/mol. The maximum Gasteiger partial charge on any atom is 0.303 e. The number of carbonyl (C=O) groups excluding carboxylic acids is 1. The number of carbonyl (C=O) groups is 1. The maximum atomic E-state index is 14.4. The van der Waals surface area contributed by atoms with Crippen molar-refractivity contribution in [2.24, 2.45) is 0 Å². The van der Waals surface area contributed by atoms with E-state index in [2.05, 4.69) is 29.6 Å². The summed E-state index contributed by atoms with van der Waals surface area (Å²) in [6.07, 6.45) is 0. The molecule has 34 heavy (non-hydrogen) atoms. The van der Waals surface area contributed by atoms with Crippen LogP contribution < -0.4 is 9.62 Å². The molecule has 6 nitrogen and oxygen atoms in total. The van der Waals surface area contributed by atoms with Gasteiger partial charge in [-0.3, -0.25) is 9.10 Å². The number of nitrogens with zero attached hydrogens (tertiary/aromatic N) is 2. The third-order valence-corrected chi connectivity index (χ3v) is 7.90. The fourth-order valence-corrected chi connectivity index (χ4v) is 5.01. The van der Waals surface area contributed by atoms with Gasteiger partial charge in [-0.1, -0.05) is 42.0 Å². The van der Waals surface area contributed by atoms with E-state index in [1.807, 2.05) is 6.92 Å². The van der Waals surface area contributed by atoms with Gasteiger partial charge in [-0.2, -0.15) is 12.7 Å². The van der Waals surface area contributed by atoms with Crippen LogP contribution in [0, 0.1) is 12.7 Å². The summed E-state index contributed by atoms with van der Waals surface area (Å²) in [5.41, 5.74) is 2.26. The molecule has 0 fully saturated rings. The topological polar surface area (TPSA) is 69.7 Å². The lowest BCUT2D eigenvalue weighted by Gasteiger charge is -2.27. The van der Waals surface area contributed by atoms with Gasteiger partial charge in [0.1, 0.15) is 5.82 Å². The first-order valence-electron chi connectivity index (χ1n) is 10.7. The van der Waals surface area contributed by atoms with Crippen LogP contribution in [0.5, 0.6) is 0 Å². The molecule has 9 heteroatoms. The second kappa shape index (κ2) is 11.5. The van der Waals surface area contributed by atoms with Gasteiger partial charge >= 0.3 is 10.2 Å². The molecule has 1 N–H and O–H groups in total. The van der Waals surface area contributed by atoms with Crippen LogP contribution in [0.15, 0.2) is 77.7 Å². The number of rotatable bonds is 10. The average Bonchev–Trinajstić information content (AvgIpc) is 2.82. The average molecular weight is 502 g/mol. The lowest BCUT2D eigenvalue weighted by molar-refractivity contribution is 0.0956. The van der Waals surface area contributed by atoms with Gasteiger partial charge in [0, 0.05) is 36.9 Å². The zero-order valence-electron chi connectivity index (χ0n) is 19.4. The summed E-state index contributed by atoms with van der Waals surface area (Å²) in [4.78, 5) is 13.6. The Hall–Kier alpha value is -2.88. The Balaban J connectivity index is 1.63. The summed E-state index contributed by atoms with van der Waals surface area (Å²) in [7, 11) is -1.14. The zero-order valence-corrected chi connectivity index (χ0v) is 21.0. The van der Waals surface area contributed by atoms with E-state index in [0.717, 1.165) is 19.3 Å². The molecule has 0 saturated carbocycles.